The molecule has 0 aliphatic heterocycles. The van der Waals surface area contributed by atoms with E-state index >= 15 is 0 Å². The zero-order valence-corrected chi connectivity index (χ0v) is 9.21. The molecule has 0 nitrogen and oxygen atoms in total. The third kappa shape index (κ3) is 1.12. The van der Waals surface area contributed by atoms with Gasteiger partial charge in [-0.3, -0.25) is 0 Å². The number of allylic oxidation sites excluding steroid dienone is 1. The fourth-order valence-corrected chi connectivity index (χ4v) is 2.60. The number of rotatable bonds is 0. The summed E-state index contributed by atoms with van der Waals surface area (Å²) >= 11 is 3.57. The van der Waals surface area contributed by atoms with Gasteiger partial charge in [0.1, 0.15) is 0 Å². The van der Waals surface area contributed by atoms with E-state index in [9.17, 15) is 0 Å². The van der Waals surface area contributed by atoms with Crippen molar-refractivity contribution >= 4 is 32.8 Å². The summed E-state index contributed by atoms with van der Waals surface area (Å²) in [6, 6.07) is 13.0. The van der Waals surface area contributed by atoms with Crippen molar-refractivity contribution in [2.75, 3.05) is 0 Å². The van der Waals surface area contributed by atoms with Gasteiger partial charge in [0.2, 0.25) is 0 Å². The van der Waals surface area contributed by atoms with Gasteiger partial charge in [0.05, 0.1) is 0 Å². The SMILES string of the molecule is BrC1=Cc2ccc3ccccc3c2C1. The molecule has 0 aromatic heterocycles. The van der Waals surface area contributed by atoms with E-state index in [2.05, 4.69) is 58.4 Å². The summed E-state index contributed by atoms with van der Waals surface area (Å²) in [7, 11) is 0. The van der Waals surface area contributed by atoms with Crippen LogP contribution in [0.25, 0.3) is 16.8 Å². The van der Waals surface area contributed by atoms with Crippen molar-refractivity contribution in [3.8, 4) is 0 Å². The second-order valence-corrected chi connectivity index (χ2v) is 4.64. The van der Waals surface area contributed by atoms with E-state index in [0.29, 0.717) is 0 Å². The molecule has 2 aromatic carbocycles. The molecule has 1 aliphatic carbocycles. The van der Waals surface area contributed by atoms with Crippen LogP contribution in [0.15, 0.2) is 40.9 Å². The molecule has 68 valence electrons. The monoisotopic (exact) mass is 244 g/mol. The third-order valence-corrected chi connectivity index (χ3v) is 3.24. The second-order valence-electron chi connectivity index (χ2n) is 3.62. The van der Waals surface area contributed by atoms with Crippen LogP contribution in [0.2, 0.25) is 0 Å². The summed E-state index contributed by atoms with van der Waals surface area (Å²) in [5.74, 6) is 0. The van der Waals surface area contributed by atoms with Crippen LogP contribution in [-0.4, -0.2) is 0 Å². The van der Waals surface area contributed by atoms with E-state index in [1.165, 1.54) is 26.4 Å². The molecular weight excluding hydrogens is 236 g/mol. The standard InChI is InChI=1S/C13H9Br/c14-11-7-10-6-5-9-3-1-2-4-12(9)13(10)8-11/h1-7H,8H2. The first kappa shape index (κ1) is 8.25. The minimum Gasteiger partial charge on any atom is -0.0616 e. The summed E-state index contributed by atoms with van der Waals surface area (Å²) in [6.07, 6.45) is 3.25. The van der Waals surface area contributed by atoms with Crippen molar-refractivity contribution < 1.29 is 0 Å². The average Bonchev–Trinajstić information content (AvgIpc) is 2.59. The summed E-state index contributed by atoms with van der Waals surface area (Å²) < 4.78 is 1.28. The van der Waals surface area contributed by atoms with E-state index in [1.54, 1.807) is 0 Å². The van der Waals surface area contributed by atoms with Crippen LogP contribution in [-0.2, 0) is 6.42 Å². The van der Waals surface area contributed by atoms with Crippen LogP contribution >= 0.6 is 15.9 Å². The molecule has 0 saturated carbocycles. The lowest BCUT2D eigenvalue weighted by molar-refractivity contribution is 1.33. The molecule has 0 atom stereocenters. The van der Waals surface area contributed by atoms with E-state index < -0.39 is 0 Å². The summed E-state index contributed by atoms with van der Waals surface area (Å²) in [5.41, 5.74) is 2.81. The fraction of sp³-hybridized carbons (Fsp3) is 0.0769. The Bertz CT molecular complexity index is 538. The van der Waals surface area contributed by atoms with E-state index in [-0.39, 0.29) is 0 Å². The first-order valence-corrected chi connectivity index (χ1v) is 5.50. The van der Waals surface area contributed by atoms with Crippen LogP contribution in [0.3, 0.4) is 0 Å². The van der Waals surface area contributed by atoms with E-state index in [0.717, 1.165) is 6.42 Å². The molecule has 14 heavy (non-hydrogen) atoms. The van der Waals surface area contributed by atoms with Gasteiger partial charge in [0.15, 0.2) is 0 Å². The quantitative estimate of drug-likeness (QED) is 0.654. The minimum atomic E-state index is 1.04. The molecule has 3 rings (SSSR count). The summed E-state index contributed by atoms with van der Waals surface area (Å²) in [4.78, 5) is 0. The van der Waals surface area contributed by atoms with Gasteiger partial charge >= 0.3 is 0 Å². The van der Waals surface area contributed by atoms with Crippen LogP contribution < -0.4 is 0 Å². The third-order valence-electron chi connectivity index (χ3n) is 2.73. The minimum absolute atomic E-state index is 1.04. The summed E-state index contributed by atoms with van der Waals surface area (Å²) in [5, 5.41) is 2.72. The lowest BCUT2D eigenvalue weighted by Crippen LogP contribution is -1.84. The maximum atomic E-state index is 3.57. The fourth-order valence-electron chi connectivity index (χ4n) is 2.07. The predicted octanol–water partition coefficient (Wildman–Crippen LogP) is 4.13. The molecule has 0 amide bonds. The number of benzene rings is 2. The number of halogens is 1. The molecule has 2 aromatic rings. The first-order chi connectivity index (χ1) is 6.84. The Kier molecular flexibility index (Phi) is 1.74. The molecule has 1 heteroatoms. The van der Waals surface area contributed by atoms with Gasteiger partial charge in [-0.25, -0.2) is 0 Å². The molecule has 1 aliphatic rings. The molecule has 0 unspecified atom stereocenters. The Morgan fingerprint density at radius 3 is 2.79 bits per heavy atom. The van der Waals surface area contributed by atoms with Gasteiger partial charge < -0.3 is 0 Å². The van der Waals surface area contributed by atoms with Crippen molar-refractivity contribution in [1.29, 1.82) is 0 Å². The maximum Gasteiger partial charge on any atom is 0.00530 e. The topological polar surface area (TPSA) is 0 Å². The van der Waals surface area contributed by atoms with Crippen molar-refractivity contribution in [2.45, 2.75) is 6.42 Å². The van der Waals surface area contributed by atoms with Crippen molar-refractivity contribution in [1.82, 2.24) is 0 Å². The summed E-state index contributed by atoms with van der Waals surface area (Å²) in [6.45, 7) is 0. The zero-order chi connectivity index (χ0) is 9.54. The van der Waals surface area contributed by atoms with Gasteiger partial charge in [-0.15, -0.1) is 0 Å². The Morgan fingerprint density at radius 2 is 1.86 bits per heavy atom. The Labute approximate surface area is 91.4 Å². The highest BCUT2D eigenvalue weighted by molar-refractivity contribution is 9.11. The highest BCUT2D eigenvalue weighted by Gasteiger charge is 2.12. The molecule has 0 saturated heterocycles. The van der Waals surface area contributed by atoms with Crippen LogP contribution in [0.1, 0.15) is 11.1 Å². The smallest absolute Gasteiger partial charge is 0.00530 e. The number of fused-ring (bicyclic) bond motifs is 3. The Morgan fingerprint density at radius 1 is 1.00 bits per heavy atom. The van der Waals surface area contributed by atoms with Crippen LogP contribution in [0, 0.1) is 0 Å². The van der Waals surface area contributed by atoms with Crippen molar-refractivity contribution in [2.24, 2.45) is 0 Å². The normalized spacial score (nSPS) is 14.2. The predicted molar refractivity (Wildman–Crippen MR) is 64.6 cm³/mol. The lowest BCUT2D eigenvalue weighted by Gasteiger charge is -2.04. The van der Waals surface area contributed by atoms with Gasteiger partial charge in [0.25, 0.3) is 0 Å². The molecule has 0 spiro atoms. The molecule has 0 bridgehead atoms. The molecule has 0 fully saturated rings. The maximum absolute atomic E-state index is 3.57. The molecule has 0 radical (unpaired) electrons. The number of hydrogen-bond donors (Lipinski definition) is 0. The first-order valence-electron chi connectivity index (χ1n) is 4.71. The van der Waals surface area contributed by atoms with Gasteiger partial charge in [0, 0.05) is 10.9 Å². The van der Waals surface area contributed by atoms with Crippen LogP contribution in [0.4, 0.5) is 0 Å². The van der Waals surface area contributed by atoms with Gasteiger partial charge in [-0.05, 0) is 28.0 Å². The highest BCUT2D eigenvalue weighted by atomic mass is 79.9. The van der Waals surface area contributed by atoms with Gasteiger partial charge in [-0.1, -0.05) is 52.3 Å². The van der Waals surface area contributed by atoms with Crippen molar-refractivity contribution in [3.63, 3.8) is 0 Å². The molecule has 0 heterocycles. The van der Waals surface area contributed by atoms with Crippen molar-refractivity contribution in [3.05, 3.63) is 52.0 Å². The highest BCUT2D eigenvalue weighted by Crippen LogP contribution is 2.33. The molecular formula is C13H9Br. The zero-order valence-electron chi connectivity index (χ0n) is 7.63. The van der Waals surface area contributed by atoms with Gasteiger partial charge in [-0.2, -0.15) is 0 Å². The van der Waals surface area contributed by atoms with E-state index in [1.807, 2.05) is 0 Å². The largest absolute Gasteiger partial charge is 0.0616 e. The lowest BCUT2D eigenvalue weighted by atomic mass is 10.0. The average molecular weight is 245 g/mol. The Balaban J connectivity index is 2.38. The van der Waals surface area contributed by atoms with E-state index in [4.69, 9.17) is 0 Å². The Hall–Kier alpha value is -1.08. The second kappa shape index (κ2) is 2.96. The van der Waals surface area contributed by atoms with Crippen LogP contribution in [0.5, 0.6) is 0 Å². The molecule has 0 N–H and O–H groups in total. The number of hydrogen-bond acceptors (Lipinski definition) is 0.